The summed E-state index contributed by atoms with van der Waals surface area (Å²) in [5.74, 6) is -0.622. The smallest absolute Gasteiger partial charge is 0.276 e. The minimum atomic E-state index is -0.380. The molecule has 8 nitrogen and oxygen atoms in total. The predicted molar refractivity (Wildman–Crippen MR) is 114 cm³/mol. The highest BCUT2D eigenvalue weighted by Crippen LogP contribution is 2.22. The average Bonchev–Trinajstić information content (AvgIpc) is 3.28. The van der Waals surface area contributed by atoms with Crippen molar-refractivity contribution in [3.63, 3.8) is 0 Å². The van der Waals surface area contributed by atoms with Crippen LogP contribution >= 0.6 is 0 Å². The summed E-state index contributed by atoms with van der Waals surface area (Å²) in [6.45, 7) is 4.73. The van der Waals surface area contributed by atoms with Gasteiger partial charge in [0.1, 0.15) is 11.8 Å². The van der Waals surface area contributed by atoms with Gasteiger partial charge >= 0.3 is 0 Å². The minimum Gasteiger partial charge on any atom is -0.364 e. The van der Waals surface area contributed by atoms with Crippen molar-refractivity contribution in [1.29, 1.82) is 0 Å². The second-order valence-corrected chi connectivity index (χ2v) is 7.92. The quantitative estimate of drug-likeness (QED) is 0.683. The van der Waals surface area contributed by atoms with E-state index in [0.29, 0.717) is 25.1 Å². The highest BCUT2D eigenvalue weighted by atomic mass is 16.5. The zero-order valence-corrected chi connectivity index (χ0v) is 17.5. The molecule has 3 heterocycles. The molecule has 0 aliphatic carbocycles. The number of nitrogens with one attached hydrogen (secondary N) is 1. The fourth-order valence-electron chi connectivity index (χ4n) is 3.84. The lowest BCUT2D eigenvalue weighted by Crippen LogP contribution is -2.42. The predicted octanol–water partition coefficient (Wildman–Crippen LogP) is 2.22. The molecule has 0 saturated carbocycles. The summed E-state index contributed by atoms with van der Waals surface area (Å²) in [5, 5.41) is 6.57. The molecule has 0 bridgehead atoms. The van der Waals surface area contributed by atoms with Crippen LogP contribution in [0.4, 0.5) is 0 Å². The number of hydrogen-bond donors (Lipinski definition) is 1. The third-order valence-corrected chi connectivity index (χ3v) is 5.26. The van der Waals surface area contributed by atoms with Crippen LogP contribution in [0.1, 0.15) is 51.4 Å². The van der Waals surface area contributed by atoms with Gasteiger partial charge in [0.2, 0.25) is 0 Å². The summed E-state index contributed by atoms with van der Waals surface area (Å²) in [6, 6.07) is 11.0. The highest BCUT2D eigenvalue weighted by Gasteiger charge is 2.29. The van der Waals surface area contributed by atoms with Gasteiger partial charge in [-0.3, -0.25) is 14.4 Å². The molecule has 1 aliphatic heterocycles. The van der Waals surface area contributed by atoms with Crippen molar-refractivity contribution >= 4 is 11.8 Å². The summed E-state index contributed by atoms with van der Waals surface area (Å²) in [4.78, 5) is 40.6. The Hall–Kier alpha value is -3.68. The van der Waals surface area contributed by atoms with Crippen LogP contribution in [0.5, 0.6) is 0 Å². The van der Waals surface area contributed by atoms with E-state index >= 15 is 0 Å². The molecular weight excluding hydrogens is 396 g/mol. The van der Waals surface area contributed by atoms with Gasteiger partial charge in [-0.25, -0.2) is 0 Å². The zero-order chi connectivity index (χ0) is 22.0. The van der Waals surface area contributed by atoms with Crippen LogP contribution in [-0.2, 0) is 19.5 Å². The maximum Gasteiger partial charge on any atom is 0.276 e. The molecule has 3 aromatic rings. The van der Waals surface area contributed by atoms with Crippen molar-refractivity contribution in [2.75, 3.05) is 6.54 Å². The molecule has 4 rings (SSSR count). The summed E-state index contributed by atoms with van der Waals surface area (Å²) >= 11 is 0. The van der Waals surface area contributed by atoms with E-state index in [1.165, 1.54) is 12.3 Å². The first-order valence-corrected chi connectivity index (χ1v) is 10.2. The van der Waals surface area contributed by atoms with Crippen LogP contribution in [0, 0.1) is 0 Å². The number of nitrogens with zero attached hydrogens (tertiary/aromatic N) is 3. The Labute approximate surface area is 179 Å². The average molecular weight is 420 g/mol. The molecule has 1 N–H and O–H groups in total. The summed E-state index contributed by atoms with van der Waals surface area (Å²) in [5.41, 5.74) is 2.52. The highest BCUT2D eigenvalue weighted by molar-refractivity contribution is 5.96. The molecule has 0 saturated heterocycles. The molecule has 0 atom stereocenters. The third kappa shape index (κ3) is 4.28. The van der Waals surface area contributed by atoms with Gasteiger partial charge in [0, 0.05) is 31.4 Å². The summed E-state index contributed by atoms with van der Waals surface area (Å²) in [6.07, 6.45) is 3.54. The number of aromatic nitrogens is 2. The van der Waals surface area contributed by atoms with Gasteiger partial charge in [-0.05, 0) is 37.0 Å². The van der Waals surface area contributed by atoms with E-state index < -0.39 is 0 Å². The molecule has 0 spiro atoms. The molecule has 1 aromatic carbocycles. The van der Waals surface area contributed by atoms with Gasteiger partial charge in [0.15, 0.2) is 5.69 Å². The van der Waals surface area contributed by atoms with Gasteiger partial charge in [-0.2, -0.15) is 0 Å². The molecule has 1 aliphatic rings. The maximum atomic E-state index is 13.3. The van der Waals surface area contributed by atoms with Crippen molar-refractivity contribution in [3.8, 4) is 0 Å². The first kappa shape index (κ1) is 20.6. The first-order valence-electron chi connectivity index (χ1n) is 10.2. The van der Waals surface area contributed by atoms with Gasteiger partial charge in [0.25, 0.3) is 17.4 Å². The second-order valence-electron chi connectivity index (χ2n) is 7.92. The molecule has 31 heavy (non-hydrogen) atoms. The largest absolute Gasteiger partial charge is 0.364 e. The monoisotopic (exact) mass is 420 g/mol. The lowest BCUT2D eigenvalue weighted by Gasteiger charge is -2.30. The molecule has 0 unspecified atom stereocenters. The normalized spacial score (nSPS) is 13.2. The number of hydrogen-bond acceptors (Lipinski definition) is 5. The van der Waals surface area contributed by atoms with Crippen molar-refractivity contribution in [2.45, 2.75) is 39.4 Å². The fourth-order valence-corrected chi connectivity index (χ4v) is 3.84. The Kier molecular flexibility index (Phi) is 5.70. The lowest BCUT2D eigenvalue weighted by molar-refractivity contribution is 0.0723. The van der Waals surface area contributed by atoms with Crippen molar-refractivity contribution in [3.05, 3.63) is 87.2 Å². The van der Waals surface area contributed by atoms with E-state index in [2.05, 4.69) is 10.5 Å². The van der Waals surface area contributed by atoms with Crippen molar-refractivity contribution in [1.82, 2.24) is 19.9 Å². The molecule has 0 radical (unpaired) electrons. The lowest BCUT2D eigenvalue weighted by atomic mass is 9.95. The summed E-state index contributed by atoms with van der Waals surface area (Å²) < 4.78 is 6.34. The number of carbonyl (C=O) groups is 2. The van der Waals surface area contributed by atoms with Crippen LogP contribution in [0.3, 0.4) is 0 Å². The van der Waals surface area contributed by atoms with E-state index in [0.717, 1.165) is 11.1 Å². The van der Waals surface area contributed by atoms with Gasteiger partial charge in [-0.1, -0.05) is 35.5 Å². The van der Waals surface area contributed by atoms with Gasteiger partial charge < -0.3 is 19.3 Å². The Bertz CT molecular complexity index is 1150. The zero-order valence-electron chi connectivity index (χ0n) is 17.5. The Balaban J connectivity index is 1.74. The topological polar surface area (TPSA) is 97.4 Å². The maximum absolute atomic E-state index is 13.3. The number of carbonyl (C=O) groups excluding carboxylic acids is 2. The Morgan fingerprint density at radius 3 is 2.65 bits per heavy atom. The summed E-state index contributed by atoms with van der Waals surface area (Å²) in [7, 11) is 0. The minimum absolute atomic E-state index is 0.0980. The standard InChI is InChI=1S/C23H24N4O4/c1-15(2)24-21(28)20-18-8-10-26(22(29)19-9-11-31-25-19)13-17(18)14-27(23(20)30)12-16-6-4-3-5-7-16/h3-7,9,11,14-15H,8,10,12-13H2,1-2H3,(H,24,28). The van der Waals surface area contributed by atoms with E-state index in [1.807, 2.05) is 44.2 Å². The van der Waals surface area contributed by atoms with Gasteiger partial charge in [-0.15, -0.1) is 0 Å². The van der Waals surface area contributed by atoms with E-state index in [9.17, 15) is 14.4 Å². The van der Waals surface area contributed by atoms with Crippen LogP contribution in [0.25, 0.3) is 0 Å². The van der Waals surface area contributed by atoms with Crippen molar-refractivity contribution < 1.29 is 14.1 Å². The van der Waals surface area contributed by atoms with E-state index in [1.54, 1.807) is 15.7 Å². The number of amides is 2. The van der Waals surface area contributed by atoms with Crippen molar-refractivity contribution in [2.24, 2.45) is 0 Å². The molecule has 2 amide bonds. The third-order valence-electron chi connectivity index (χ3n) is 5.26. The second kappa shape index (κ2) is 8.59. The van der Waals surface area contributed by atoms with Gasteiger partial charge in [0.05, 0.1) is 6.54 Å². The molecule has 2 aromatic heterocycles. The Morgan fingerprint density at radius 1 is 1.19 bits per heavy atom. The van der Waals surface area contributed by atoms with E-state index in [-0.39, 0.29) is 41.2 Å². The number of pyridine rings is 1. The van der Waals surface area contributed by atoms with Crippen LogP contribution < -0.4 is 10.9 Å². The molecule has 160 valence electrons. The Morgan fingerprint density at radius 2 is 1.97 bits per heavy atom. The first-order chi connectivity index (χ1) is 14.9. The number of benzene rings is 1. The van der Waals surface area contributed by atoms with Crippen LogP contribution in [0.15, 0.2) is 58.2 Å². The van der Waals surface area contributed by atoms with Crippen LogP contribution in [-0.4, -0.2) is 39.0 Å². The number of fused-ring (bicyclic) bond motifs is 1. The fraction of sp³-hybridized carbons (Fsp3) is 0.304. The van der Waals surface area contributed by atoms with Crippen LogP contribution in [0.2, 0.25) is 0 Å². The van der Waals surface area contributed by atoms with E-state index in [4.69, 9.17) is 4.52 Å². The molecular formula is C23H24N4O4. The molecule has 0 fully saturated rings. The SMILES string of the molecule is CC(C)NC(=O)c1c2c(cn(Cc3ccccc3)c1=O)CN(C(=O)c1ccon1)CC2. The number of rotatable bonds is 5. The molecule has 8 heteroatoms.